The highest BCUT2D eigenvalue weighted by Crippen LogP contribution is 2.29. The molecule has 1 atom stereocenters. The summed E-state index contributed by atoms with van der Waals surface area (Å²) in [7, 11) is -4.21. The number of anilines is 1. The van der Waals surface area contributed by atoms with Gasteiger partial charge in [-0.15, -0.1) is 0 Å². The molecule has 12 heteroatoms. The van der Waals surface area contributed by atoms with Gasteiger partial charge in [0.25, 0.3) is 0 Å². The zero-order chi connectivity index (χ0) is 27.4. The summed E-state index contributed by atoms with van der Waals surface area (Å²) in [6, 6.07) is 11.8. The summed E-state index contributed by atoms with van der Waals surface area (Å²) >= 11 is 12.1. The third-order valence-corrected chi connectivity index (χ3v) is 6.92. The molecule has 3 aromatic rings. The highest BCUT2D eigenvalue weighted by atomic mass is 35.5. The van der Waals surface area contributed by atoms with E-state index in [1.807, 2.05) is 0 Å². The van der Waals surface area contributed by atoms with Gasteiger partial charge in [-0.1, -0.05) is 35.3 Å². The summed E-state index contributed by atoms with van der Waals surface area (Å²) in [4.78, 5) is 25.4. The van der Waals surface area contributed by atoms with Crippen LogP contribution in [0.2, 0.25) is 10.0 Å². The predicted molar refractivity (Wildman–Crippen MR) is 142 cm³/mol. The summed E-state index contributed by atoms with van der Waals surface area (Å²) in [5, 5.41) is 11.7. The van der Waals surface area contributed by atoms with Gasteiger partial charge in [-0.25, -0.2) is 18.4 Å². The lowest BCUT2D eigenvalue weighted by atomic mass is 10.0. The van der Waals surface area contributed by atoms with Crippen molar-refractivity contribution in [2.75, 3.05) is 11.9 Å². The highest BCUT2D eigenvalue weighted by Gasteiger charge is 2.28. The monoisotopic (exact) mass is 567 g/mol. The summed E-state index contributed by atoms with van der Waals surface area (Å²) in [6.45, 7) is 5.28. The molecule has 0 unspecified atom stereocenters. The molecule has 0 bridgehead atoms. The number of primary sulfonamides is 1. The Balaban J connectivity index is 1.75. The number of rotatable bonds is 11. The van der Waals surface area contributed by atoms with Crippen LogP contribution in [0.15, 0.2) is 64.1 Å². The first-order valence-corrected chi connectivity index (χ1v) is 13.4. The van der Waals surface area contributed by atoms with Crippen LogP contribution in [-0.4, -0.2) is 38.4 Å². The standard InChI is InChI=1S/C25H27Cl2N3O6S/c1-15(23(31)16-6-4-7-17(26)10-16)30-25(2,3)14-36-24(32)19-11-22(37(28,33)34)20(27)12-21(19)29-13-18-8-5-9-35-18/h4-12,15,29-30H,13-14H2,1-3H3,(H2,28,33,34)/t15-/m0/s1. The molecule has 0 saturated carbocycles. The molecule has 0 radical (unpaired) electrons. The van der Waals surface area contributed by atoms with Crippen molar-refractivity contribution in [2.24, 2.45) is 5.14 Å². The second kappa shape index (κ2) is 11.7. The lowest BCUT2D eigenvalue weighted by Gasteiger charge is -2.29. The van der Waals surface area contributed by atoms with Crippen molar-refractivity contribution in [1.82, 2.24) is 5.32 Å². The van der Waals surface area contributed by atoms with Crippen molar-refractivity contribution in [1.29, 1.82) is 0 Å². The number of hydrogen-bond acceptors (Lipinski definition) is 8. The van der Waals surface area contributed by atoms with Crippen molar-refractivity contribution in [3.05, 3.63) is 81.7 Å². The summed E-state index contributed by atoms with van der Waals surface area (Å²) in [5.74, 6) is -0.413. The van der Waals surface area contributed by atoms with Gasteiger partial charge in [-0.3, -0.25) is 10.1 Å². The largest absolute Gasteiger partial charge is 0.467 e. The van der Waals surface area contributed by atoms with Gasteiger partial charge < -0.3 is 14.5 Å². The van der Waals surface area contributed by atoms with Crippen LogP contribution in [0.1, 0.15) is 47.2 Å². The van der Waals surface area contributed by atoms with Gasteiger partial charge in [-0.2, -0.15) is 0 Å². The zero-order valence-corrected chi connectivity index (χ0v) is 22.7. The molecular weight excluding hydrogens is 541 g/mol. The first-order chi connectivity index (χ1) is 17.3. The van der Waals surface area contributed by atoms with E-state index in [2.05, 4.69) is 10.6 Å². The minimum absolute atomic E-state index is 0.0844. The Morgan fingerprint density at radius 2 is 1.86 bits per heavy atom. The Morgan fingerprint density at radius 1 is 1.14 bits per heavy atom. The van der Waals surface area contributed by atoms with Crippen LogP contribution in [0.25, 0.3) is 0 Å². The van der Waals surface area contributed by atoms with Crippen LogP contribution in [0.4, 0.5) is 5.69 Å². The Bertz CT molecular complexity index is 1390. The molecule has 0 aliphatic rings. The fourth-order valence-electron chi connectivity index (χ4n) is 3.59. The van der Waals surface area contributed by atoms with E-state index >= 15 is 0 Å². The SMILES string of the molecule is C[C@H](NC(C)(C)COC(=O)c1cc(S(N)(=O)=O)c(Cl)cc1NCc1ccco1)C(=O)c1cccc(Cl)c1. The Hall–Kier alpha value is -2.89. The molecule has 198 valence electrons. The van der Waals surface area contributed by atoms with Gasteiger partial charge in [0.15, 0.2) is 5.78 Å². The molecule has 0 saturated heterocycles. The van der Waals surface area contributed by atoms with Crippen LogP contribution >= 0.6 is 23.2 Å². The maximum Gasteiger partial charge on any atom is 0.340 e. The summed E-state index contributed by atoms with van der Waals surface area (Å²) in [6.07, 6.45) is 1.50. The third kappa shape index (κ3) is 7.80. The second-order valence-electron chi connectivity index (χ2n) is 9.01. The molecule has 37 heavy (non-hydrogen) atoms. The van der Waals surface area contributed by atoms with Crippen molar-refractivity contribution >= 4 is 50.7 Å². The molecule has 1 aromatic heterocycles. The molecule has 3 rings (SSSR count). The molecule has 0 spiro atoms. The normalized spacial score (nSPS) is 12.7. The van der Waals surface area contributed by atoms with Gasteiger partial charge in [-0.05, 0) is 57.2 Å². The topological polar surface area (TPSA) is 141 Å². The number of nitrogens with one attached hydrogen (secondary N) is 2. The van der Waals surface area contributed by atoms with Gasteiger partial charge in [0.05, 0.1) is 35.1 Å². The zero-order valence-electron chi connectivity index (χ0n) is 20.4. The number of ether oxygens (including phenoxy) is 1. The molecule has 4 N–H and O–H groups in total. The first-order valence-electron chi connectivity index (χ1n) is 11.1. The molecule has 9 nitrogen and oxygen atoms in total. The smallest absolute Gasteiger partial charge is 0.340 e. The lowest BCUT2D eigenvalue weighted by Crippen LogP contribution is -2.51. The second-order valence-corrected chi connectivity index (χ2v) is 11.4. The number of ketones is 1. The number of sulfonamides is 1. The Kier molecular flexibility index (Phi) is 9.04. The van der Waals surface area contributed by atoms with E-state index in [4.69, 9.17) is 37.5 Å². The number of Topliss-reactive ketones (excluding diaryl/α,β-unsaturated/α-hetero) is 1. The maximum atomic E-state index is 13.1. The number of benzene rings is 2. The van der Waals surface area contributed by atoms with E-state index in [-0.39, 0.29) is 35.2 Å². The van der Waals surface area contributed by atoms with Crippen molar-refractivity contribution in [3.8, 4) is 0 Å². The van der Waals surface area contributed by atoms with E-state index in [1.165, 1.54) is 12.3 Å². The van der Waals surface area contributed by atoms with E-state index in [0.717, 1.165) is 6.07 Å². The van der Waals surface area contributed by atoms with Gasteiger partial charge in [0, 0.05) is 16.1 Å². The minimum Gasteiger partial charge on any atom is -0.467 e. The molecule has 1 heterocycles. The lowest BCUT2D eigenvalue weighted by molar-refractivity contribution is 0.0390. The molecule has 0 fully saturated rings. The Labute approximate surface area is 225 Å². The molecule has 0 aliphatic heterocycles. The number of carbonyl (C=O) groups is 2. The fourth-order valence-corrected chi connectivity index (χ4v) is 4.88. The maximum absolute atomic E-state index is 13.1. The van der Waals surface area contributed by atoms with Gasteiger partial charge in [0.2, 0.25) is 10.0 Å². The first kappa shape index (κ1) is 28.7. The number of carbonyl (C=O) groups excluding carboxylic acids is 2. The minimum atomic E-state index is -4.21. The van der Waals surface area contributed by atoms with Crippen molar-refractivity contribution in [2.45, 2.75) is 43.8 Å². The summed E-state index contributed by atoms with van der Waals surface area (Å²) < 4.78 is 34.7. The predicted octanol–water partition coefficient (Wildman–Crippen LogP) is 4.64. The highest BCUT2D eigenvalue weighted by molar-refractivity contribution is 7.89. The Morgan fingerprint density at radius 3 is 2.49 bits per heavy atom. The van der Waals surface area contributed by atoms with Gasteiger partial charge in [0.1, 0.15) is 17.3 Å². The van der Waals surface area contributed by atoms with E-state index in [0.29, 0.717) is 16.3 Å². The third-order valence-electron chi connectivity index (χ3n) is 5.31. The molecular formula is C25H27Cl2N3O6S. The molecule has 2 aromatic carbocycles. The molecule has 0 aliphatic carbocycles. The number of hydrogen-bond donors (Lipinski definition) is 3. The quantitative estimate of drug-likeness (QED) is 0.225. The van der Waals surface area contributed by atoms with Crippen molar-refractivity contribution < 1.29 is 27.2 Å². The van der Waals surface area contributed by atoms with Crippen LogP contribution in [0, 0.1) is 0 Å². The van der Waals surface area contributed by atoms with Crippen LogP contribution in [-0.2, 0) is 21.3 Å². The number of esters is 1. The van der Waals surface area contributed by atoms with E-state index in [9.17, 15) is 18.0 Å². The fraction of sp³-hybridized carbons (Fsp3) is 0.280. The number of nitrogens with two attached hydrogens (primary N) is 1. The summed E-state index contributed by atoms with van der Waals surface area (Å²) in [5.41, 5.74) is -0.225. The molecule has 0 amide bonds. The number of halogens is 2. The van der Waals surface area contributed by atoms with Crippen LogP contribution in [0.3, 0.4) is 0 Å². The van der Waals surface area contributed by atoms with E-state index in [1.54, 1.807) is 57.2 Å². The number of furan rings is 1. The van der Waals surface area contributed by atoms with Crippen molar-refractivity contribution in [3.63, 3.8) is 0 Å². The van der Waals surface area contributed by atoms with Crippen LogP contribution in [0.5, 0.6) is 0 Å². The average Bonchev–Trinajstić information content (AvgIpc) is 3.33. The average molecular weight is 568 g/mol. The van der Waals surface area contributed by atoms with Gasteiger partial charge >= 0.3 is 5.97 Å². The van der Waals surface area contributed by atoms with E-state index < -0.39 is 32.5 Å². The van der Waals surface area contributed by atoms with Crippen LogP contribution < -0.4 is 15.8 Å².